The molecule has 0 aliphatic heterocycles. The van der Waals surface area contributed by atoms with Gasteiger partial charge in [-0.2, -0.15) is 0 Å². The first kappa shape index (κ1) is 16.9. The van der Waals surface area contributed by atoms with Crippen molar-refractivity contribution in [1.82, 2.24) is 10.2 Å². The van der Waals surface area contributed by atoms with Gasteiger partial charge in [0.2, 0.25) is 0 Å². The fourth-order valence-electron chi connectivity index (χ4n) is 2.24. The average Bonchev–Trinajstić information content (AvgIpc) is 2.48. The number of anilines is 1. The Balaban J connectivity index is 2.26. The molecule has 0 bridgehead atoms. The van der Waals surface area contributed by atoms with Crippen LogP contribution in [0.4, 0.5) is 10.1 Å². The van der Waals surface area contributed by atoms with Gasteiger partial charge in [0.15, 0.2) is 0 Å². The minimum absolute atomic E-state index is 0.179. The van der Waals surface area contributed by atoms with Crippen molar-refractivity contribution in [3.63, 3.8) is 0 Å². The molecule has 0 aromatic heterocycles. The lowest BCUT2D eigenvalue weighted by molar-refractivity contribution is 0.303. The third-order valence-electron chi connectivity index (χ3n) is 3.63. The zero-order chi connectivity index (χ0) is 14.8. The van der Waals surface area contributed by atoms with Gasteiger partial charge in [0.05, 0.1) is 0 Å². The molecule has 0 spiro atoms. The summed E-state index contributed by atoms with van der Waals surface area (Å²) in [5.41, 5.74) is 1.08. The first-order valence-electron chi connectivity index (χ1n) is 7.64. The van der Waals surface area contributed by atoms with E-state index in [-0.39, 0.29) is 5.82 Å². The molecule has 1 N–H and O–H groups in total. The quantitative estimate of drug-likeness (QED) is 0.665. The SMILES string of the molecule is CCN(CC)CCNCCN(CC)c1ccc(F)cc1. The smallest absolute Gasteiger partial charge is 0.123 e. The molecule has 0 saturated carbocycles. The Morgan fingerprint density at radius 2 is 1.50 bits per heavy atom. The Morgan fingerprint density at radius 3 is 2.05 bits per heavy atom. The standard InChI is InChI=1S/C16H28FN3/c1-4-19(5-2)13-11-18-12-14-20(6-3)16-9-7-15(17)8-10-16/h7-10,18H,4-6,11-14H2,1-3H3. The second-order valence-electron chi connectivity index (χ2n) is 4.83. The van der Waals surface area contributed by atoms with Crippen molar-refractivity contribution < 1.29 is 4.39 Å². The summed E-state index contributed by atoms with van der Waals surface area (Å²) in [6, 6.07) is 6.72. The Hall–Kier alpha value is -1.13. The van der Waals surface area contributed by atoms with E-state index in [2.05, 4.69) is 35.9 Å². The average molecular weight is 281 g/mol. The molecule has 20 heavy (non-hydrogen) atoms. The van der Waals surface area contributed by atoms with E-state index in [9.17, 15) is 4.39 Å². The van der Waals surface area contributed by atoms with E-state index in [1.165, 1.54) is 12.1 Å². The van der Waals surface area contributed by atoms with Crippen LogP contribution in [0, 0.1) is 5.82 Å². The molecule has 0 unspecified atom stereocenters. The van der Waals surface area contributed by atoms with Crippen LogP contribution < -0.4 is 10.2 Å². The molecule has 4 heteroatoms. The second-order valence-corrected chi connectivity index (χ2v) is 4.83. The molecule has 0 aliphatic rings. The third-order valence-corrected chi connectivity index (χ3v) is 3.63. The van der Waals surface area contributed by atoms with E-state index in [1.54, 1.807) is 0 Å². The largest absolute Gasteiger partial charge is 0.371 e. The molecule has 1 aromatic carbocycles. The number of rotatable bonds is 10. The molecule has 1 aromatic rings. The van der Waals surface area contributed by atoms with Crippen LogP contribution in [0.2, 0.25) is 0 Å². The van der Waals surface area contributed by atoms with E-state index in [0.29, 0.717) is 0 Å². The summed E-state index contributed by atoms with van der Waals surface area (Å²) in [4.78, 5) is 4.66. The van der Waals surface area contributed by atoms with Gasteiger partial charge < -0.3 is 15.1 Å². The topological polar surface area (TPSA) is 18.5 Å². The van der Waals surface area contributed by atoms with E-state index < -0.39 is 0 Å². The summed E-state index contributed by atoms with van der Waals surface area (Å²) < 4.78 is 12.9. The summed E-state index contributed by atoms with van der Waals surface area (Å²) in [6.45, 7) is 13.7. The maximum atomic E-state index is 12.9. The van der Waals surface area contributed by atoms with Crippen LogP contribution in [0.5, 0.6) is 0 Å². The highest BCUT2D eigenvalue weighted by Gasteiger charge is 2.04. The lowest BCUT2D eigenvalue weighted by Gasteiger charge is -2.24. The lowest BCUT2D eigenvalue weighted by Crippen LogP contribution is -2.36. The van der Waals surface area contributed by atoms with Crippen LogP contribution in [0.3, 0.4) is 0 Å². The fraction of sp³-hybridized carbons (Fsp3) is 0.625. The van der Waals surface area contributed by atoms with Gasteiger partial charge >= 0.3 is 0 Å². The molecule has 1 rings (SSSR count). The fourth-order valence-corrected chi connectivity index (χ4v) is 2.24. The highest BCUT2D eigenvalue weighted by Crippen LogP contribution is 2.13. The van der Waals surface area contributed by atoms with Crippen molar-refractivity contribution in [2.24, 2.45) is 0 Å². The molecule has 0 fully saturated rings. The Morgan fingerprint density at radius 1 is 0.900 bits per heavy atom. The lowest BCUT2D eigenvalue weighted by atomic mass is 10.2. The normalized spacial score (nSPS) is 11.1. The number of nitrogens with zero attached hydrogens (tertiary/aromatic N) is 2. The van der Waals surface area contributed by atoms with Gasteiger partial charge in [0, 0.05) is 38.4 Å². The number of hydrogen-bond donors (Lipinski definition) is 1. The zero-order valence-electron chi connectivity index (χ0n) is 13.0. The first-order chi connectivity index (χ1) is 9.71. The summed E-state index contributed by atoms with van der Waals surface area (Å²) in [6.07, 6.45) is 0. The number of nitrogens with one attached hydrogen (secondary N) is 1. The Kier molecular flexibility index (Phi) is 8.23. The molecule has 0 saturated heterocycles. The summed E-state index contributed by atoms with van der Waals surface area (Å²) in [5.74, 6) is -0.179. The first-order valence-corrected chi connectivity index (χ1v) is 7.64. The van der Waals surface area contributed by atoms with Gasteiger partial charge in [0.25, 0.3) is 0 Å². The molecule has 0 aliphatic carbocycles. The molecule has 0 amide bonds. The molecule has 0 radical (unpaired) electrons. The highest BCUT2D eigenvalue weighted by molar-refractivity contribution is 5.46. The van der Waals surface area contributed by atoms with Crippen molar-refractivity contribution in [3.05, 3.63) is 30.1 Å². The van der Waals surface area contributed by atoms with Crippen molar-refractivity contribution in [2.45, 2.75) is 20.8 Å². The zero-order valence-corrected chi connectivity index (χ0v) is 13.0. The van der Waals surface area contributed by atoms with Gasteiger partial charge in [-0.1, -0.05) is 13.8 Å². The van der Waals surface area contributed by atoms with Gasteiger partial charge in [-0.05, 0) is 44.3 Å². The van der Waals surface area contributed by atoms with E-state index in [1.807, 2.05) is 12.1 Å². The molecule has 114 valence electrons. The Bertz CT molecular complexity index is 349. The second kappa shape index (κ2) is 9.72. The monoisotopic (exact) mass is 281 g/mol. The van der Waals surface area contributed by atoms with Crippen molar-refractivity contribution in [1.29, 1.82) is 0 Å². The van der Waals surface area contributed by atoms with Crippen LogP contribution in [0.25, 0.3) is 0 Å². The number of halogens is 1. The van der Waals surface area contributed by atoms with Crippen LogP contribution in [-0.2, 0) is 0 Å². The van der Waals surface area contributed by atoms with Gasteiger partial charge in [-0.3, -0.25) is 0 Å². The third kappa shape index (κ3) is 5.88. The van der Waals surface area contributed by atoms with Gasteiger partial charge in [-0.15, -0.1) is 0 Å². The molecule has 3 nitrogen and oxygen atoms in total. The van der Waals surface area contributed by atoms with Crippen molar-refractivity contribution >= 4 is 5.69 Å². The highest BCUT2D eigenvalue weighted by atomic mass is 19.1. The van der Waals surface area contributed by atoms with E-state index in [0.717, 1.165) is 51.5 Å². The summed E-state index contributed by atoms with van der Waals surface area (Å²) >= 11 is 0. The number of likely N-dealkylation sites (N-methyl/N-ethyl adjacent to an activating group) is 2. The van der Waals surface area contributed by atoms with Crippen LogP contribution >= 0.6 is 0 Å². The Labute approximate surface area is 122 Å². The maximum Gasteiger partial charge on any atom is 0.123 e. The minimum Gasteiger partial charge on any atom is -0.371 e. The molecule has 0 atom stereocenters. The van der Waals surface area contributed by atoms with Gasteiger partial charge in [-0.25, -0.2) is 4.39 Å². The van der Waals surface area contributed by atoms with Crippen molar-refractivity contribution in [2.75, 3.05) is 50.7 Å². The van der Waals surface area contributed by atoms with Gasteiger partial charge in [0.1, 0.15) is 5.82 Å². The molecular weight excluding hydrogens is 253 g/mol. The molecular formula is C16H28FN3. The van der Waals surface area contributed by atoms with Crippen molar-refractivity contribution in [3.8, 4) is 0 Å². The summed E-state index contributed by atoms with van der Waals surface area (Å²) in [7, 11) is 0. The number of hydrogen-bond acceptors (Lipinski definition) is 3. The van der Waals surface area contributed by atoms with E-state index >= 15 is 0 Å². The van der Waals surface area contributed by atoms with Crippen LogP contribution in [0.15, 0.2) is 24.3 Å². The number of benzene rings is 1. The van der Waals surface area contributed by atoms with Crippen LogP contribution in [-0.4, -0.2) is 50.7 Å². The predicted octanol–water partition coefficient (Wildman–Crippen LogP) is 2.58. The molecule has 0 heterocycles. The summed E-state index contributed by atoms with van der Waals surface area (Å²) in [5, 5.41) is 3.47. The predicted molar refractivity (Wildman–Crippen MR) is 84.9 cm³/mol. The minimum atomic E-state index is -0.179. The maximum absolute atomic E-state index is 12.9. The van der Waals surface area contributed by atoms with Crippen LogP contribution in [0.1, 0.15) is 20.8 Å². The van der Waals surface area contributed by atoms with E-state index in [4.69, 9.17) is 0 Å².